The molecule has 2 rings (SSSR count). The molecule has 26 heavy (non-hydrogen) atoms. The number of nitro benzene ring substituents is 1. The molecule has 0 spiro atoms. The number of ketones is 1. The highest BCUT2D eigenvalue weighted by Gasteiger charge is 2.24. The van der Waals surface area contributed by atoms with Crippen molar-refractivity contribution in [1.29, 1.82) is 5.26 Å². The van der Waals surface area contributed by atoms with Crippen molar-refractivity contribution in [1.82, 2.24) is 4.98 Å². The van der Waals surface area contributed by atoms with E-state index in [0.717, 1.165) is 0 Å². The van der Waals surface area contributed by atoms with Crippen LogP contribution in [0, 0.1) is 28.4 Å². The largest absolute Gasteiger partial charge is 0.475 e. The molecule has 0 N–H and O–H groups in total. The van der Waals surface area contributed by atoms with Crippen LogP contribution in [-0.2, 0) is 14.3 Å². The van der Waals surface area contributed by atoms with Crippen LogP contribution in [0.4, 0.5) is 5.69 Å². The molecule has 1 unspecified atom stereocenters. The lowest BCUT2D eigenvalue weighted by atomic mass is 10.1. The highest BCUT2D eigenvalue weighted by Crippen LogP contribution is 2.25. The number of benzene rings is 1. The van der Waals surface area contributed by atoms with E-state index in [9.17, 15) is 19.7 Å². The molecule has 1 aromatic heterocycles. The van der Waals surface area contributed by atoms with Gasteiger partial charge in [0.1, 0.15) is 5.01 Å². The van der Waals surface area contributed by atoms with E-state index in [0.29, 0.717) is 10.7 Å². The summed E-state index contributed by atoms with van der Waals surface area (Å²) in [4.78, 5) is 38.0. The molecule has 9 nitrogen and oxygen atoms in total. The van der Waals surface area contributed by atoms with E-state index in [1.165, 1.54) is 35.6 Å². The van der Waals surface area contributed by atoms with Gasteiger partial charge in [-0.25, -0.2) is 9.78 Å². The monoisotopic (exact) mass is 375 g/mol. The van der Waals surface area contributed by atoms with Crippen LogP contribution < -0.4 is 4.74 Å². The van der Waals surface area contributed by atoms with Crippen molar-refractivity contribution in [2.45, 2.75) is 12.8 Å². The molecule has 0 saturated carbocycles. The Morgan fingerprint density at radius 3 is 2.73 bits per heavy atom. The minimum atomic E-state index is -1.11. The van der Waals surface area contributed by atoms with Crippen molar-refractivity contribution in [3.63, 3.8) is 0 Å². The molecule has 10 heteroatoms. The number of hydrogen-bond donors (Lipinski definition) is 0. The predicted molar refractivity (Wildman–Crippen MR) is 89.8 cm³/mol. The number of hydrogen-bond acceptors (Lipinski definition) is 9. The Balaban J connectivity index is 1.88. The lowest BCUT2D eigenvalue weighted by Gasteiger charge is -2.08. The van der Waals surface area contributed by atoms with Gasteiger partial charge in [0.05, 0.1) is 11.0 Å². The fraction of sp³-hybridized carbons (Fsp3) is 0.250. The number of para-hydroxylation sites is 2. The molecule has 0 aliphatic carbocycles. The van der Waals surface area contributed by atoms with Crippen LogP contribution in [0.1, 0.15) is 16.6 Å². The van der Waals surface area contributed by atoms with Crippen LogP contribution in [0.25, 0.3) is 0 Å². The zero-order valence-electron chi connectivity index (χ0n) is 13.6. The van der Waals surface area contributed by atoms with Crippen molar-refractivity contribution in [2.24, 2.45) is 0 Å². The summed E-state index contributed by atoms with van der Waals surface area (Å²) < 4.78 is 9.84. The number of rotatable bonds is 8. The quantitative estimate of drug-likeness (QED) is 0.389. The second-order valence-corrected chi connectivity index (χ2v) is 5.92. The summed E-state index contributed by atoms with van der Waals surface area (Å²) in [6.07, 6.45) is 0. The second-order valence-electron chi connectivity index (χ2n) is 5.03. The molecule has 0 fully saturated rings. The van der Waals surface area contributed by atoms with Crippen molar-refractivity contribution >= 4 is 28.8 Å². The van der Waals surface area contributed by atoms with E-state index in [1.807, 2.05) is 6.07 Å². The number of Topliss-reactive ketones (excluding diaryl/α,β-unsaturated/α-hetero) is 1. The first-order valence-electron chi connectivity index (χ1n) is 7.28. The topological polar surface area (TPSA) is 132 Å². The molecule has 1 atom stereocenters. The highest BCUT2D eigenvalue weighted by atomic mass is 32.1. The van der Waals surface area contributed by atoms with Gasteiger partial charge in [0.15, 0.2) is 30.7 Å². The maximum atomic E-state index is 12.0. The van der Waals surface area contributed by atoms with E-state index in [2.05, 4.69) is 4.98 Å². The Hall–Kier alpha value is -3.32. The SMILES string of the molecule is Cc1csc(C(C#N)C(=O)COC(=O)COc2ccccc2[N+](=O)[O-])n1. The molecule has 0 saturated heterocycles. The van der Waals surface area contributed by atoms with Crippen molar-refractivity contribution < 1.29 is 24.0 Å². The van der Waals surface area contributed by atoms with Crippen LogP contribution in [0.5, 0.6) is 5.75 Å². The third kappa shape index (κ3) is 4.84. The predicted octanol–water partition coefficient (Wildman–Crippen LogP) is 2.16. The Morgan fingerprint density at radius 2 is 2.12 bits per heavy atom. The molecule has 1 aromatic carbocycles. The number of esters is 1. The second kappa shape index (κ2) is 8.68. The smallest absolute Gasteiger partial charge is 0.344 e. The van der Waals surface area contributed by atoms with Crippen LogP contribution >= 0.6 is 11.3 Å². The zero-order valence-corrected chi connectivity index (χ0v) is 14.4. The fourth-order valence-corrected chi connectivity index (χ4v) is 2.77. The van der Waals surface area contributed by atoms with Crippen LogP contribution in [0.2, 0.25) is 0 Å². The molecule has 134 valence electrons. The summed E-state index contributed by atoms with van der Waals surface area (Å²) >= 11 is 1.17. The van der Waals surface area contributed by atoms with Crippen molar-refractivity contribution in [2.75, 3.05) is 13.2 Å². The van der Waals surface area contributed by atoms with Crippen LogP contribution in [-0.4, -0.2) is 34.9 Å². The van der Waals surface area contributed by atoms with Gasteiger partial charge in [0.25, 0.3) is 0 Å². The minimum absolute atomic E-state index is 0.0889. The number of aryl methyl sites for hydroxylation is 1. The lowest BCUT2D eigenvalue weighted by molar-refractivity contribution is -0.385. The van der Waals surface area contributed by atoms with Gasteiger partial charge in [-0.2, -0.15) is 5.26 Å². The van der Waals surface area contributed by atoms with Gasteiger partial charge in [0.2, 0.25) is 0 Å². The highest BCUT2D eigenvalue weighted by molar-refractivity contribution is 7.09. The average molecular weight is 375 g/mol. The summed E-state index contributed by atoms with van der Waals surface area (Å²) in [5.41, 5.74) is 0.396. The number of ether oxygens (including phenoxy) is 2. The molecule has 0 bridgehead atoms. The normalized spacial score (nSPS) is 11.2. The number of thiazole rings is 1. The standard InChI is InChI=1S/C16H13N3O6S/c1-10-9-26-16(18-10)11(6-17)13(20)7-25-15(21)8-24-14-5-3-2-4-12(14)19(22)23/h2-5,9,11H,7-8H2,1H3. The van der Waals surface area contributed by atoms with Gasteiger partial charge >= 0.3 is 11.7 Å². The van der Waals surface area contributed by atoms with Gasteiger partial charge in [-0.05, 0) is 13.0 Å². The molecular formula is C16H13N3O6S. The van der Waals surface area contributed by atoms with Gasteiger partial charge in [-0.15, -0.1) is 11.3 Å². The van der Waals surface area contributed by atoms with Gasteiger partial charge in [0, 0.05) is 17.1 Å². The number of nitro groups is 1. The van der Waals surface area contributed by atoms with E-state index in [4.69, 9.17) is 14.7 Å². The number of carbonyl (C=O) groups is 2. The number of carbonyl (C=O) groups excluding carboxylic acids is 2. The van der Waals surface area contributed by atoms with Crippen LogP contribution in [0.15, 0.2) is 29.6 Å². The first-order valence-corrected chi connectivity index (χ1v) is 8.16. The summed E-state index contributed by atoms with van der Waals surface area (Å²) in [6, 6.07) is 7.39. The minimum Gasteiger partial charge on any atom is -0.475 e. The zero-order chi connectivity index (χ0) is 19.1. The summed E-state index contributed by atoms with van der Waals surface area (Å²) in [5.74, 6) is -2.70. The summed E-state index contributed by atoms with van der Waals surface area (Å²) in [5, 5.41) is 22.0. The molecule has 0 aliphatic heterocycles. The Morgan fingerprint density at radius 1 is 1.38 bits per heavy atom. The van der Waals surface area contributed by atoms with E-state index < -0.39 is 35.8 Å². The summed E-state index contributed by atoms with van der Waals surface area (Å²) in [6.45, 7) is 0.515. The number of aromatic nitrogens is 1. The molecule has 0 radical (unpaired) electrons. The molecule has 1 heterocycles. The first-order chi connectivity index (χ1) is 12.4. The third-order valence-corrected chi connectivity index (χ3v) is 4.15. The third-order valence-electron chi connectivity index (χ3n) is 3.12. The van der Waals surface area contributed by atoms with Crippen molar-refractivity contribution in [3.05, 3.63) is 50.5 Å². The number of nitrogens with zero attached hydrogens (tertiary/aromatic N) is 3. The van der Waals surface area contributed by atoms with Crippen LogP contribution in [0.3, 0.4) is 0 Å². The Kier molecular flexibility index (Phi) is 6.35. The maximum Gasteiger partial charge on any atom is 0.344 e. The maximum absolute atomic E-state index is 12.0. The van der Waals surface area contributed by atoms with Gasteiger partial charge in [-0.1, -0.05) is 12.1 Å². The van der Waals surface area contributed by atoms with E-state index >= 15 is 0 Å². The lowest BCUT2D eigenvalue weighted by Crippen LogP contribution is -2.23. The Bertz CT molecular complexity index is 873. The van der Waals surface area contributed by atoms with E-state index in [-0.39, 0.29) is 11.4 Å². The van der Waals surface area contributed by atoms with Crippen molar-refractivity contribution in [3.8, 4) is 11.8 Å². The molecular weight excluding hydrogens is 362 g/mol. The van der Waals surface area contributed by atoms with Gasteiger partial charge < -0.3 is 9.47 Å². The first kappa shape index (κ1) is 19.0. The molecule has 0 amide bonds. The van der Waals surface area contributed by atoms with E-state index in [1.54, 1.807) is 12.3 Å². The fourth-order valence-electron chi connectivity index (χ4n) is 1.91. The molecule has 2 aromatic rings. The Labute approximate surface area is 151 Å². The number of nitriles is 1. The van der Waals surface area contributed by atoms with Gasteiger partial charge in [-0.3, -0.25) is 14.9 Å². The average Bonchev–Trinajstić information content (AvgIpc) is 3.05. The molecule has 0 aliphatic rings. The summed E-state index contributed by atoms with van der Waals surface area (Å²) in [7, 11) is 0.